The molecule has 3 aromatic rings. The van der Waals surface area contributed by atoms with Gasteiger partial charge in [0, 0.05) is 16.5 Å². The molecule has 1 atom stereocenters. The highest BCUT2D eigenvalue weighted by atomic mass is 32.2. The predicted octanol–water partition coefficient (Wildman–Crippen LogP) is 4.95. The first-order valence-electron chi connectivity index (χ1n) is 7.55. The number of benzene rings is 2. The van der Waals surface area contributed by atoms with Gasteiger partial charge >= 0.3 is 0 Å². The minimum atomic E-state index is -0.104. The highest BCUT2D eigenvalue weighted by Crippen LogP contribution is 2.36. The van der Waals surface area contributed by atoms with Crippen LogP contribution in [-0.4, -0.2) is 16.1 Å². The summed E-state index contributed by atoms with van der Waals surface area (Å²) in [4.78, 5) is 12.3. The second-order valence-electron chi connectivity index (χ2n) is 5.29. The zero-order valence-corrected chi connectivity index (χ0v) is 15.0. The van der Waals surface area contributed by atoms with Crippen LogP contribution in [0.4, 0.5) is 5.69 Å². The molecule has 0 saturated carbocycles. The molecule has 4 nitrogen and oxygen atoms in total. The lowest BCUT2D eigenvalue weighted by molar-refractivity contribution is 0.102. The Labute approximate surface area is 149 Å². The van der Waals surface area contributed by atoms with Crippen molar-refractivity contribution in [3.8, 4) is 0 Å². The van der Waals surface area contributed by atoms with Crippen LogP contribution in [0.1, 0.15) is 33.1 Å². The Morgan fingerprint density at radius 2 is 1.92 bits per heavy atom. The molecule has 2 aromatic carbocycles. The summed E-state index contributed by atoms with van der Waals surface area (Å²) in [5.74, 6) is -0.104. The zero-order chi connectivity index (χ0) is 16.9. The van der Waals surface area contributed by atoms with Crippen molar-refractivity contribution in [1.82, 2.24) is 10.2 Å². The molecule has 0 radical (unpaired) electrons. The average molecular weight is 355 g/mol. The highest BCUT2D eigenvalue weighted by molar-refractivity contribution is 8.01. The second-order valence-corrected chi connectivity index (χ2v) is 8.06. The Morgan fingerprint density at radius 3 is 2.62 bits per heavy atom. The van der Waals surface area contributed by atoms with E-state index in [1.54, 1.807) is 35.2 Å². The zero-order valence-electron chi connectivity index (χ0n) is 13.4. The van der Waals surface area contributed by atoms with Gasteiger partial charge in [-0.2, -0.15) is 0 Å². The number of hydrogen-bond donors (Lipinski definition) is 1. The number of aryl methyl sites for hydroxylation is 1. The lowest BCUT2D eigenvalue weighted by Gasteiger charge is -2.12. The van der Waals surface area contributed by atoms with E-state index in [0.29, 0.717) is 5.56 Å². The summed E-state index contributed by atoms with van der Waals surface area (Å²) in [6.45, 7) is 4.08. The van der Waals surface area contributed by atoms with E-state index in [2.05, 4.69) is 28.5 Å². The van der Waals surface area contributed by atoms with E-state index in [1.165, 1.54) is 0 Å². The smallest absolute Gasteiger partial charge is 0.255 e. The largest absolute Gasteiger partial charge is 0.322 e. The number of hydrogen-bond acceptors (Lipinski definition) is 5. The van der Waals surface area contributed by atoms with Gasteiger partial charge < -0.3 is 5.32 Å². The molecule has 6 heteroatoms. The highest BCUT2D eigenvalue weighted by Gasteiger charge is 2.12. The molecule has 24 heavy (non-hydrogen) atoms. The molecule has 1 aromatic heterocycles. The third kappa shape index (κ3) is 4.21. The fourth-order valence-electron chi connectivity index (χ4n) is 2.21. The fraction of sp³-hybridized carbons (Fsp3) is 0.167. The third-order valence-corrected chi connectivity index (χ3v) is 5.52. The van der Waals surface area contributed by atoms with Gasteiger partial charge in [-0.3, -0.25) is 4.79 Å². The van der Waals surface area contributed by atoms with Crippen molar-refractivity contribution in [3.63, 3.8) is 0 Å². The molecule has 0 aliphatic heterocycles. The van der Waals surface area contributed by atoms with Crippen LogP contribution in [0, 0.1) is 6.92 Å². The maximum atomic E-state index is 12.3. The number of aromatic nitrogens is 2. The van der Waals surface area contributed by atoms with Crippen molar-refractivity contribution in [3.05, 3.63) is 70.7 Å². The third-order valence-electron chi connectivity index (χ3n) is 3.43. The molecule has 0 unspecified atom stereocenters. The van der Waals surface area contributed by atoms with E-state index in [9.17, 15) is 4.79 Å². The van der Waals surface area contributed by atoms with Crippen LogP contribution >= 0.6 is 23.1 Å². The standard InChI is InChI=1S/C18H17N3OS2/c1-12(23-18-21-20-13(2)24-18)15-9-6-10-16(11-15)19-17(22)14-7-4-3-5-8-14/h3-12H,1-2H3,(H,19,22)/t12-/m0/s1. The molecule has 1 amide bonds. The Hall–Kier alpha value is -2.18. The van der Waals surface area contributed by atoms with Crippen molar-refractivity contribution >= 4 is 34.7 Å². The molecule has 0 aliphatic carbocycles. The first-order chi connectivity index (χ1) is 11.6. The van der Waals surface area contributed by atoms with Gasteiger partial charge in [0.25, 0.3) is 5.91 Å². The summed E-state index contributed by atoms with van der Waals surface area (Å²) in [6, 6.07) is 17.1. The van der Waals surface area contributed by atoms with Crippen molar-refractivity contribution in [2.24, 2.45) is 0 Å². The van der Waals surface area contributed by atoms with E-state index >= 15 is 0 Å². The first kappa shape index (κ1) is 16.7. The minimum absolute atomic E-state index is 0.104. The molecule has 0 bridgehead atoms. The predicted molar refractivity (Wildman–Crippen MR) is 99.8 cm³/mol. The molecule has 0 saturated heterocycles. The summed E-state index contributed by atoms with van der Waals surface area (Å²) < 4.78 is 0.957. The molecule has 0 aliphatic rings. The molecule has 1 N–H and O–H groups in total. The molecule has 0 fully saturated rings. The summed E-state index contributed by atoms with van der Waals surface area (Å²) >= 11 is 3.27. The molecule has 122 valence electrons. The van der Waals surface area contributed by atoms with Crippen molar-refractivity contribution in [1.29, 1.82) is 0 Å². The monoisotopic (exact) mass is 355 g/mol. The normalized spacial score (nSPS) is 11.9. The number of nitrogens with zero attached hydrogens (tertiary/aromatic N) is 2. The van der Waals surface area contributed by atoms with Crippen LogP contribution in [-0.2, 0) is 0 Å². The molecule has 0 spiro atoms. The van der Waals surface area contributed by atoms with Gasteiger partial charge in [0.2, 0.25) is 0 Å². The maximum Gasteiger partial charge on any atom is 0.255 e. The number of carbonyl (C=O) groups excluding carboxylic acids is 1. The van der Waals surface area contributed by atoms with Crippen molar-refractivity contribution in [2.75, 3.05) is 5.32 Å². The van der Waals surface area contributed by atoms with Crippen molar-refractivity contribution in [2.45, 2.75) is 23.4 Å². The van der Waals surface area contributed by atoms with Gasteiger partial charge in [-0.1, -0.05) is 53.4 Å². The van der Waals surface area contributed by atoms with E-state index in [4.69, 9.17) is 0 Å². The number of nitrogens with one attached hydrogen (secondary N) is 1. The summed E-state index contributed by atoms with van der Waals surface area (Å²) in [7, 11) is 0. The number of anilines is 1. The van der Waals surface area contributed by atoms with Crippen molar-refractivity contribution < 1.29 is 4.79 Å². The van der Waals surface area contributed by atoms with E-state index in [0.717, 1.165) is 20.6 Å². The number of thioether (sulfide) groups is 1. The lowest BCUT2D eigenvalue weighted by Crippen LogP contribution is -2.11. The van der Waals surface area contributed by atoms with Crippen LogP contribution in [0.2, 0.25) is 0 Å². The Bertz CT molecular complexity index is 833. The maximum absolute atomic E-state index is 12.3. The first-order valence-corrected chi connectivity index (χ1v) is 9.24. The Kier molecular flexibility index (Phi) is 5.27. The van der Waals surface area contributed by atoms with Gasteiger partial charge in [-0.15, -0.1) is 10.2 Å². The van der Waals surface area contributed by atoms with Gasteiger partial charge in [-0.25, -0.2) is 0 Å². The molecule has 1 heterocycles. The van der Waals surface area contributed by atoms with E-state index in [1.807, 2.05) is 43.3 Å². The quantitative estimate of drug-likeness (QED) is 0.658. The summed E-state index contributed by atoms with van der Waals surface area (Å²) in [6.07, 6.45) is 0. The van der Waals surface area contributed by atoms with E-state index in [-0.39, 0.29) is 11.2 Å². The van der Waals surface area contributed by atoms with Gasteiger partial charge in [0.1, 0.15) is 5.01 Å². The number of rotatable bonds is 5. The topological polar surface area (TPSA) is 54.9 Å². The number of amides is 1. The SMILES string of the molecule is Cc1nnc(S[C@@H](C)c2cccc(NC(=O)c3ccccc3)c2)s1. The van der Waals surface area contributed by atoms with Crippen LogP contribution in [0.3, 0.4) is 0 Å². The van der Waals surface area contributed by atoms with Crippen LogP contribution < -0.4 is 5.32 Å². The molecular formula is C18H17N3OS2. The summed E-state index contributed by atoms with van der Waals surface area (Å²) in [5, 5.41) is 12.3. The summed E-state index contributed by atoms with van der Waals surface area (Å²) in [5.41, 5.74) is 2.58. The van der Waals surface area contributed by atoms with Crippen LogP contribution in [0.15, 0.2) is 58.9 Å². The van der Waals surface area contributed by atoms with Gasteiger partial charge in [0.15, 0.2) is 4.34 Å². The second kappa shape index (κ2) is 7.59. The average Bonchev–Trinajstić information content (AvgIpc) is 3.00. The molecular weight excluding hydrogens is 338 g/mol. The molecule has 3 rings (SSSR count). The Balaban J connectivity index is 1.70. The lowest BCUT2D eigenvalue weighted by atomic mass is 10.1. The van der Waals surface area contributed by atoms with Gasteiger partial charge in [0.05, 0.1) is 0 Å². The minimum Gasteiger partial charge on any atom is -0.322 e. The van der Waals surface area contributed by atoms with E-state index < -0.39 is 0 Å². The van der Waals surface area contributed by atoms with Crippen LogP contribution in [0.25, 0.3) is 0 Å². The van der Waals surface area contributed by atoms with Gasteiger partial charge in [-0.05, 0) is 43.7 Å². The number of carbonyl (C=O) groups is 1. The Morgan fingerprint density at radius 1 is 1.12 bits per heavy atom. The fourth-order valence-corrected chi connectivity index (χ4v) is 4.28. The van der Waals surface area contributed by atoms with Crippen LogP contribution in [0.5, 0.6) is 0 Å².